The lowest BCUT2D eigenvalue weighted by atomic mass is 10.1. The number of benzene rings is 2. The Morgan fingerprint density at radius 2 is 1.66 bits per heavy atom. The zero-order valence-corrected chi connectivity index (χ0v) is 18.5. The molecule has 1 atom stereocenters. The number of piperazine rings is 1. The Kier molecular flexibility index (Phi) is 6.42. The molecular weight excluding hydrogens is 477 g/mol. The molecule has 0 saturated carbocycles. The van der Waals surface area contributed by atoms with E-state index in [1.54, 1.807) is 0 Å². The van der Waals surface area contributed by atoms with Crippen LogP contribution in [0.4, 0.5) is 5.69 Å². The van der Waals surface area contributed by atoms with Crippen LogP contribution in [0.2, 0.25) is 0 Å². The van der Waals surface area contributed by atoms with Crippen molar-refractivity contribution in [1.29, 1.82) is 0 Å². The molecule has 0 aromatic heterocycles. The summed E-state index contributed by atoms with van der Waals surface area (Å²) in [5.41, 5.74) is 1.92. The predicted molar refractivity (Wildman–Crippen MR) is 122 cm³/mol. The molecule has 2 heterocycles. The van der Waals surface area contributed by atoms with Crippen molar-refractivity contribution >= 4 is 46.2 Å². The van der Waals surface area contributed by atoms with Crippen molar-refractivity contribution in [3.05, 3.63) is 69.8 Å². The van der Waals surface area contributed by atoms with E-state index >= 15 is 0 Å². The molecule has 4 rings (SSSR count). The smallest absolute Gasteiger partial charge is 0.292 e. The highest BCUT2D eigenvalue weighted by molar-refractivity contribution is 14.1. The Hall–Kier alpha value is -2.03. The number of quaternary nitrogens is 2. The number of nitrogens with one attached hydrogen (secondary N) is 2. The summed E-state index contributed by atoms with van der Waals surface area (Å²) in [7, 11) is 0. The van der Waals surface area contributed by atoms with Crippen molar-refractivity contribution in [3.8, 4) is 0 Å². The van der Waals surface area contributed by atoms with Gasteiger partial charge >= 0.3 is 0 Å². The number of imide groups is 1. The van der Waals surface area contributed by atoms with E-state index in [-0.39, 0.29) is 17.9 Å². The first kappa shape index (κ1) is 20.3. The number of carbonyl (C=O) groups is 2. The fourth-order valence-electron chi connectivity index (χ4n) is 4.22. The van der Waals surface area contributed by atoms with E-state index in [9.17, 15) is 9.59 Å². The maximum Gasteiger partial charge on any atom is 0.292 e. The van der Waals surface area contributed by atoms with Gasteiger partial charge in [-0.05, 0) is 58.5 Å². The normalized spacial score (nSPS) is 25.1. The molecule has 2 aliphatic rings. The van der Waals surface area contributed by atoms with Gasteiger partial charge in [0.25, 0.3) is 5.91 Å². The van der Waals surface area contributed by atoms with Crippen LogP contribution in [-0.2, 0) is 9.59 Å². The molecule has 2 amide bonds. The van der Waals surface area contributed by atoms with E-state index in [0.717, 1.165) is 36.3 Å². The highest BCUT2D eigenvalue weighted by atomic mass is 127. The van der Waals surface area contributed by atoms with Crippen LogP contribution in [0.25, 0.3) is 6.08 Å². The molecule has 0 radical (unpaired) electrons. The monoisotopic (exact) mass is 503 g/mol. The summed E-state index contributed by atoms with van der Waals surface area (Å²) >= 11 is 2.22. The minimum absolute atomic E-state index is 0.0429. The van der Waals surface area contributed by atoms with E-state index in [1.807, 2.05) is 42.5 Å². The van der Waals surface area contributed by atoms with Gasteiger partial charge in [-0.1, -0.05) is 36.4 Å². The van der Waals surface area contributed by atoms with Crippen molar-refractivity contribution in [2.75, 3.05) is 37.6 Å². The molecule has 5 nitrogen and oxygen atoms in total. The Bertz CT molecular complexity index is 890. The van der Waals surface area contributed by atoms with Gasteiger partial charge in [0.15, 0.2) is 6.04 Å². The van der Waals surface area contributed by atoms with E-state index in [4.69, 9.17) is 0 Å². The van der Waals surface area contributed by atoms with Crippen LogP contribution in [0.15, 0.2) is 60.7 Å². The van der Waals surface area contributed by atoms with Crippen molar-refractivity contribution < 1.29 is 19.4 Å². The molecule has 2 saturated heterocycles. The van der Waals surface area contributed by atoms with Crippen molar-refractivity contribution in [2.24, 2.45) is 0 Å². The Labute approximate surface area is 185 Å². The lowest BCUT2D eigenvalue weighted by Gasteiger charge is -2.31. The second-order valence-electron chi connectivity index (χ2n) is 7.73. The van der Waals surface area contributed by atoms with Crippen molar-refractivity contribution in [1.82, 2.24) is 0 Å². The average Bonchev–Trinajstić information content (AvgIpc) is 3.04. The first-order valence-corrected chi connectivity index (χ1v) is 11.2. The fourth-order valence-corrected chi connectivity index (χ4v) is 4.57. The standard InChI is InChI=1S/C23H24IN3O2/c24-19-8-10-20(11-9-19)27-22(28)17-21(23(27)29)26-15-13-25(14-16-26)12-4-7-18-5-2-1-3-6-18/h1-11,21H,12-17H2/p+2/b7-4+/t21-/m1/s1. The van der Waals surface area contributed by atoms with Crippen LogP contribution >= 0.6 is 22.6 Å². The molecule has 0 spiro atoms. The molecule has 6 heteroatoms. The van der Waals surface area contributed by atoms with Gasteiger partial charge < -0.3 is 9.80 Å². The van der Waals surface area contributed by atoms with Gasteiger partial charge in [-0.3, -0.25) is 9.59 Å². The highest BCUT2D eigenvalue weighted by Gasteiger charge is 2.46. The summed E-state index contributed by atoms with van der Waals surface area (Å²) in [6, 6.07) is 17.7. The maximum atomic E-state index is 13.0. The molecular formula is C23H26IN3O2+2. The molecule has 2 aromatic rings. The molecule has 0 unspecified atom stereocenters. The predicted octanol–water partition coefficient (Wildman–Crippen LogP) is 0.420. The van der Waals surface area contributed by atoms with E-state index in [1.165, 1.54) is 20.3 Å². The molecule has 2 N–H and O–H groups in total. The molecule has 29 heavy (non-hydrogen) atoms. The molecule has 2 fully saturated rings. The lowest BCUT2D eigenvalue weighted by Crippen LogP contribution is -3.30. The number of amides is 2. The SMILES string of the molecule is O=C1C[C@@H]([NH+]2CC[NH+](C/C=C/c3ccccc3)CC2)C(=O)N1c1ccc(I)cc1. The first-order chi connectivity index (χ1) is 14.1. The minimum atomic E-state index is -0.233. The number of hydrogen-bond donors (Lipinski definition) is 2. The summed E-state index contributed by atoms with van der Waals surface area (Å²) in [6.45, 7) is 4.90. The Morgan fingerprint density at radius 1 is 0.966 bits per heavy atom. The Balaban J connectivity index is 1.31. The molecule has 0 aliphatic carbocycles. The van der Waals surface area contributed by atoms with Crippen LogP contribution in [0.1, 0.15) is 12.0 Å². The van der Waals surface area contributed by atoms with Gasteiger partial charge in [-0.15, -0.1) is 0 Å². The summed E-state index contributed by atoms with van der Waals surface area (Å²) in [5.74, 6) is -0.118. The summed E-state index contributed by atoms with van der Waals surface area (Å²) < 4.78 is 1.09. The van der Waals surface area contributed by atoms with Crippen LogP contribution < -0.4 is 14.7 Å². The van der Waals surface area contributed by atoms with Crippen LogP contribution in [-0.4, -0.2) is 50.6 Å². The van der Waals surface area contributed by atoms with Crippen LogP contribution in [0, 0.1) is 3.57 Å². The molecule has 0 bridgehead atoms. The van der Waals surface area contributed by atoms with Crippen molar-refractivity contribution in [3.63, 3.8) is 0 Å². The van der Waals surface area contributed by atoms with Gasteiger partial charge in [-0.25, -0.2) is 4.90 Å². The summed E-state index contributed by atoms with van der Waals surface area (Å²) in [4.78, 5) is 29.7. The van der Waals surface area contributed by atoms with Gasteiger partial charge in [0.2, 0.25) is 5.91 Å². The topological polar surface area (TPSA) is 46.3 Å². The number of anilines is 1. The Morgan fingerprint density at radius 3 is 2.34 bits per heavy atom. The van der Waals surface area contributed by atoms with Gasteiger partial charge in [0.05, 0.1) is 18.7 Å². The van der Waals surface area contributed by atoms with Gasteiger partial charge in [0, 0.05) is 3.57 Å². The van der Waals surface area contributed by atoms with Gasteiger partial charge in [0.1, 0.15) is 26.2 Å². The first-order valence-electron chi connectivity index (χ1n) is 10.1. The number of nitrogens with zero attached hydrogens (tertiary/aromatic N) is 1. The highest BCUT2D eigenvalue weighted by Crippen LogP contribution is 2.22. The third kappa shape index (κ3) is 4.76. The largest absolute Gasteiger partial charge is 0.322 e. The average molecular weight is 503 g/mol. The minimum Gasteiger partial charge on any atom is -0.322 e. The van der Waals surface area contributed by atoms with Crippen LogP contribution in [0.5, 0.6) is 0 Å². The number of hydrogen-bond acceptors (Lipinski definition) is 2. The van der Waals surface area contributed by atoms with E-state index in [2.05, 4.69) is 46.9 Å². The fraction of sp³-hybridized carbons (Fsp3) is 0.304. The maximum absolute atomic E-state index is 13.0. The van der Waals surface area contributed by atoms with E-state index < -0.39 is 0 Å². The van der Waals surface area contributed by atoms with E-state index in [0.29, 0.717) is 12.1 Å². The number of carbonyl (C=O) groups excluding carboxylic acids is 2. The second kappa shape index (κ2) is 9.19. The van der Waals surface area contributed by atoms with Crippen LogP contribution in [0.3, 0.4) is 0 Å². The summed E-state index contributed by atoms with van der Waals surface area (Å²) in [6.07, 6.45) is 4.73. The number of rotatable bonds is 5. The third-order valence-electron chi connectivity index (χ3n) is 5.84. The second-order valence-corrected chi connectivity index (χ2v) is 8.97. The number of halogens is 1. The summed E-state index contributed by atoms with van der Waals surface area (Å²) in [5, 5.41) is 0. The zero-order valence-electron chi connectivity index (χ0n) is 16.3. The molecule has 2 aliphatic heterocycles. The molecule has 150 valence electrons. The lowest BCUT2D eigenvalue weighted by molar-refractivity contribution is -1.02. The van der Waals surface area contributed by atoms with Crippen molar-refractivity contribution in [2.45, 2.75) is 12.5 Å². The quantitative estimate of drug-likeness (QED) is 0.459. The third-order valence-corrected chi connectivity index (χ3v) is 6.56. The molecule has 2 aromatic carbocycles. The zero-order chi connectivity index (χ0) is 20.2. The van der Waals surface area contributed by atoms with Gasteiger partial charge in [-0.2, -0.15) is 0 Å².